The number of hydrogen-bond donors (Lipinski definition) is 2. The summed E-state index contributed by atoms with van der Waals surface area (Å²) in [7, 11) is -3.51. The van der Waals surface area contributed by atoms with Gasteiger partial charge in [-0.15, -0.1) is 0 Å². The maximum atomic E-state index is 12.4. The lowest BCUT2D eigenvalue weighted by Gasteiger charge is -2.15. The maximum Gasteiger partial charge on any atom is 0.242 e. The minimum Gasteiger partial charge on any atom is -0.397 e. The van der Waals surface area contributed by atoms with E-state index in [0.717, 1.165) is 18.4 Å². The predicted molar refractivity (Wildman–Crippen MR) is 77.5 cm³/mol. The summed E-state index contributed by atoms with van der Waals surface area (Å²) < 4.78 is 27.5. The van der Waals surface area contributed by atoms with Gasteiger partial charge in [0.1, 0.15) is 4.90 Å². The van der Waals surface area contributed by atoms with Crippen LogP contribution in [-0.4, -0.2) is 15.0 Å². The molecule has 0 atom stereocenters. The highest BCUT2D eigenvalue weighted by atomic mass is 32.2. The molecule has 4 nitrogen and oxygen atoms in total. The monoisotopic (exact) mass is 282 g/mol. The third-order valence-electron chi connectivity index (χ3n) is 3.92. The van der Waals surface area contributed by atoms with Crippen molar-refractivity contribution in [1.29, 1.82) is 0 Å². The topological polar surface area (TPSA) is 72.2 Å². The van der Waals surface area contributed by atoms with Crippen LogP contribution in [0.3, 0.4) is 0 Å². The van der Waals surface area contributed by atoms with Crippen molar-refractivity contribution >= 4 is 15.7 Å². The van der Waals surface area contributed by atoms with Crippen molar-refractivity contribution in [3.8, 4) is 0 Å². The highest BCUT2D eigenvalue weighted by molar-refractivity contribution is 7.89. The van der Waals surface area contributed by atoms with Gasteiger partial charge in [0.25, 0.3) is 0 Å². The van der Waals surface area contributed by atoms with Crippen LogP contribution in [-0.2, 0) is 10.0 Å². The normalized spacial score (nSPS) is 16.9. The van der Waals surface area contributed by atoms with Crippen molar-refractivity contribution in [2.24, 2.45) is 5.92 Å². The number of nitrogen functional groups attached to an aromatic ring is 1. The zero-order valence-electron chi connectivity index (χ0n) is 11.6. The fourth-order valence-electron chi connectivity index (χ4n) is 2.68. The Morgan fingerprint density at radius 1 is 1.21 bits per heavy atom. The van der Waals surface area contributed by atoms with Gasteiger partial charge in [-0.1, -0.05) is 25.0 Å². The van der Waals surface area contributed by atoms with E-state index in [4.69, 9.17) is 5.73 Å². The molecule has 1 aliphatic carbocycles. The summed E-state index contributed by atoms with van der Waals surface area (Å²) in [6.07, 6.45) is 4.64. The van der Waals surface area contributed by atoms with Crippen LogP contribution in [0.1, 0.15) is 36.8 Å². The summed E-state index contributed by atoms with van der Waals surface area (Å²) in [5, 5.41) is 0. The summed E-state index contributed by atoms with van der Waals surface area (Å²) in [5.41, 5.74) is 7.79. The van der Waals surface area contributed by atoms with Crippen LogP contribution in [0.4, 0.5) is 5.69 Å². The molecule has 106 valence electrons. The van der Waals surface area contributed by atoms with Crippen LogP contribution >= 0.6 is 0 Å². The van der Waals surface area contributed by atoms with E-state index in [1.807, 2.05) is 13.0 Å². The van der Waals surface area contributed by atoms with Gasteiger partial charge in [-0.05, 0) is 43.7 Å². The molecule has 0 spiro atoms. The van der Waals surface area contributed by atoms with Crippen LogP contribution in [0, 0.1) is 19.8 Å². The molecule has 0 bridgehead atoms. The van der Waals surface area contributed by atoms with E-state index in [-0.39, 0.29) is 4.90 Å². The Bertz CT molecular complexity index is 561. The Balaban J connectivity index is 2.21. The van der Waals surface area contributed by atoms with E-state index in [0.29, 0.717) is 23.7 Å². The summed E-state index contributed by atoms with van der Waals surface area (Å²) in [5.74, 6) is 0.473. The Morgan fingerprint density at radius 2 is 1.79 bits per heavy atom. The van der Waals surface area contributed by atoms with Crippen molar-refractivity contribution in [2.75, 3.05) is 12.3 Å². The number of nitrogens with one attached hydrogen (secondary N) is 1. The highest BCUT2D eigenvalue weighted by Gasteiger charge is 2.23. The standard InChI is InChI=1S/C14H22N2O2S/c1-10-7-8-11(2)14(13(10)15)19(17,18)16-9-12-5-3-4-6-12/h7-8,12,16H,3-6,9,15H2,1-2H3. The minimum absolute atomic E-state index is 0.241. The number of anilines is 1. The molecule has 0 radical (unpaired) electrons. The largest absolute Gasteiger partial charge is 0.397 e. The summed E-state index contributed by atoms with van der Waals surface area (Å²) in [6.45, 7) is 4.12. The summed E-state index contributed by atoms with van der Waals surface area (Å²) in [4.78, 5) is 0.241. The van der Waals surface area contributed by atoms with Gasteiger partial charge in [-0.3, -0.25) is 0 Å². The highest BCUT2D eigenvalue weighted by Crippen LogP contribution is 2.27. The molecule has 0 amide bonds. The van der Waals surface area contributed by atoms with E-state index in [1.165, 1.54) is 12.8 Å². The molecular weight excluding hydrogens is 260 g/mol. The fourth-order valence-corrected chi connectivity index (χ4v) is 4.22. The van der Waals surface area contributed by atoms with E-state index in [9.17, 15) is 8.42 Å². The van der Waals surface area contributed by atoms with Gasteiger partial charge in [-0.2, -0.15) is 0 Å². The lowest BCUT2D eigenvalue weighted by Crippen LogP contribution is -2.29. The molecule has 1 aliphatic rings. The lowest BCUT2D eigenvalue weighted by atomic mass is 10.1. The number of benzene rings is 1. The fraction of sp³-hybridized carbons (Fsp3) is 0.571. The van der Waals surface area contributed by atoms with Gasteiger partial charge < -0.3 is 5.73 Å². The average molecular weight is 282 g/mol. The van der Waals surface area contributed by atoms with Crippen LogP contribution in [0.2, 0.25) is 0 Å². The van der Waals surface area contributed by atoms with Crippen LogP contribution in [0.15, 0.2) is 17.0 Å². The van der Waals surface area contributed by atoms with Gasteiger partial charge in [-0.25, -0.2) is 13.1 Å². The number of nitrogens with two attached hydrogens (primary N) is 1. The molecular formula is C14H22N2O2S. The molecule has 0 aliphatic heterocycles. The zero-order chi connectivity index (χ0) is 14.0. The summed E-state index contributed by atoms with van der Waals surface area (Å²) >= 11 is 0. The quantitative estimate of drug-likeness (QED) is 0.833. The predicted octanol–water partition coefficient (Wildman–Crippen LogP) is 2.35. The Morgan fingerprint density at radius 3 is 2.42 bits per heavy atom. The molecule has 3 N–H and O–H groups in total. The first-order chi connectivity index (χ1) is 8.92. The van der Waals surface area contributed by atoms with Crippen molar-refractivity contribution in [3.63, 3.8) is 0 Å². The van der Waals surface area contributed by atoms with Gasteiger partial charge >= 0.3 is 0 Å². The zero-order valence-corrected chi connectivity index (χ0v) is 12.4. The first-order valence-corrected chi connectivity index (χ1v) is 8.25. The molecule has 0 heterocycles. The minimum atomic E-state index is -3.51. The summed E-state index contributed by atoms with van der Waals surface area (Å²) in [6, 6.07) is 3.65. The van der Waals surface area contributed by atoms with Crippen LogP contribution in [0.5, 0.6) is 0 Å². The molecule has 1 fully saturated rings. The van der Waals surface area contributed by atoms with Crippen LogP contribution in [0.25, 0.3) is 0 Å². The second-order valence-electron chi connectivity index (χ2n) is 5.44. The van der Waals surface area contributed by atoms with Crippen molar-refractivity contribution < 1.29 is 8.42 Å². The van der Waals surface area contributed by atoms with Gasteiger partial charge in [0.15, 0.2) is 0 Å². The average Bonchev–Trinajstić information content (AvgIpc) is 2.85. The van der Waals surface area contributed by atoms with Gasteiger partial charge in [0.2, 0.25) is 10.0 Å². The smallest absolute Gasteiger partial charge is 0.242 e. The molecule has 0 aromatic heterocycles. The van der Waals surface area contributed by atoms with E-state index >= 15 is 0 Å². The first kappa shape index (κ1) is 14.3. The number of rotatable bonds is 4. The Hall–Kier alpha value is -1.07. The molecule has 0 unspecified atom stereocenters. The second kappa shape index (κ2) is 5.51. The molecule has 2 rings (SSSR count). The number of hydrogen-bond acceptors (Lipinski definition) is 3. The van der Waals surface area contributed by atoms with Crippen molar-refractivity contribution in [1.82, 2.24) is 4.72 Å². The molecule has 1 aromatic carbocycles. The molecule has 1 aromatic rings. The third kappa shape index (κ3) is 3.09. The van der Waals surface area contributed by atoms with E-state index < -0.39 is 10.0 Å². The van der Waals surface area contributed by atoms with E-state index in [2.05, 4.69) is 4.72 Å². The molecule has 1 saturated carbocycles. The lowest BCUT2D eigenvalue weighted by molar-refractivity contribution is 0.519. The molecule has 5 heteroatoms. The Labute approximate surface area is 115 Å². The van der Waals surface area contributed by atoms with Crippen molar-refractivity contribution in [2.45, 2.75) is 44.4 Å². The molecule has 0 saturated heterocycles. The second-order valence-corrected chi connectivity index (χ2v) is 7.15. The number of sulfonamides is 1. The van der Waals surface area contributed by atoms with Gasteiger partial charge in [0, 0.05) is 6.54 Å². The van der Waals surface area contributed by atoms with Crippen LogP contribution < -0.4 is 10.5 Å². The Kier molecular flexibility index (Phi) is 4.16. The SMILES string of the molecule is Cc1ccc(C)c(S(=O)(=O)NCC2CCCC2)c1N. The van der Waals surface area contributed by atoms with E-state index in [1.54, 1.807) is 13.0 Å². The molecule has 19 heavy (non-hydrogen) atoms. The first-order valence-electron chi connectivity index (χ1n) is 6.77. The third-order valence-corrected chi connectivity index (χ3v) is 5.54. The van der Waals surface area contributed by atoms with Gasteiger partial charge in [0.05, 0.1) is 5.69 Å². The maximum absolute atomic E-state index is 12.4. The van der Waals surface area contributed by atoms with Crippen molar-refractivity contribution in [3.05, 3.63) is 23.3 Å². The number of aryl methyl sites for hydroxylation is 2.